The lowest BCUT2D eigenvalue weighted by atomic mass is 10.0. The monoisotopic (exact) mass is 525 g/mol. The third-order valence-electron chi connectivity index (χ3n) is 5.54. The first-order chi connectivity index (χ1) is 17.1. The van der Waals surface area contributed by atoms with E-state index in [1.807, 2.05) is 12.3 Å². The van der Waals surface area contributed by atoms with Crippen LogP contribution in [0.5, 0.6) is 0 Å². The molecule has 0 heterocycles. The third kappa shape index (κ3) is 11.4. The molecule has 12 heteroatoms. The van der Waals surface area contributed by atoms with Gasteiger partial charge in [0.2, 0.25) is 17.7 Å². The fourth-order valence-electron chi connectivity index (χ4n) is 3.35. The number of unbranched alkanes of at least 4 members (excludes halogenated alkanes) is 1. The van der Waals surface area contributed by atoms with Crippen LogP contribution in [-0.2, 0) is 25.6 Å². The highest BCUT2D eigenvalue weighted by Crippen LogP contribution is 2.08. The number of nitrogens with one attached hydrogen (secondary N) is 3. The van der Waals surface area contributed by atoms with Crippen LogP contribution >= 0.6 is 11.8 Å². The third-order valence-corrected chi connectivity index (χ3v) is 6.19. The van der Waals surface area contributed by atoms with Crippen molar-refractivity contribution in [2.45, 2.75) is 69.3 Å². The molecule has 0 aromatic heterocycles. The molecule has 1 aromatic rings. The van der Waals surface area contributed by atoms with E-state index in [1.54, 1.807) is 24.3 Å². The number of hydrogen-bond donors (Lipinski definition) is 7. The Morgan fingerprint density at radius 3 is 2.06 bits per heavy atom. The fraction of sp³-hybridized carbons (Fsp3) is 0.583. The van der Waals surface area contributed by atoms with Gasteiger partial charge in [-0.3, -0.25) is 14.4 Å². The van der Waals surface area contributed by atoms with E-state index < -0.39 is 54.0 Å². The molecule has 0 aliphatic carbocycles. The van der Waals surface area contributed by atoms with Crippen LogP contribution in [0.25, 0.3) is 0 Å². The number of amides is 3. The molecule has 36 heavy (non-hydrogen) atoms. The normalized spacial score (nSPS) is 15.1. The SMILES string of the molecule is CSCCC(NC(=O)C(Cc1ccccc1)NC(=O)C(N)C(C)O)C(=O)NC(CCCCN)C(=O)O. The molecule has 11 nitrogen and oxygen atoms in total. The Morgan fingerprint density at radius 2 is 1.50 bits per heavy atom. The number of aliphatic hydroxyl groups is 1. The van der Waals surface area contributed by atoms with Crippen LogP contribution in [0.3, 0.4) is 0 Å². The summed E-state index contributed by atoms with van der Waals surface area (Å²) in [4.78, 5) is 50.3. The molecule has 202 valence electrons. The predicted octanol–water partition coefficient (Wildman–Crippen LogP) is -0.642. The van der Waals surface area contributed by atoms with Gasteiger partial charge < -0.3 is 37.6 Å². The maximum absolute atomic E-state index is 13.2. The lowest BCUT2D eigenvalue weighted by molar-refractivity contribution is -0.142. The maximum Gasteiger partial charge on any atom is 0.326 e. The largest absolute Gasteiger partial charge is 0.480 e. The molecule has 3 amide bonds. The van der Waals surface area contributed by atoms with Gasteiger partial charge >= 0.3 is 5.97 Å². The number of aliphatic carboxylic acids is 1. The van der Waals surface area contributed by atoms with Crippen molar-refractivity contribution in [2.75, 3.05) is 18.6 Å². The topological polar surface area (TPSA) is 197 Å². The van der Waals surface area contributed by atoms with Crippen molar-refractivity contribution in [1.82, 2.24) is 16.0 Å². The Kier molecular flexibility index (Phi) is 14.7. The second-order valence-electron chi connectivity index (χ2n) is 8.54. The molecule has 1 rings (SSSR count). The first kappa shape index (κ1) is 31.4. The number of thioether (sulfide) groups is 1. The average Bonchev–Trinajstić information content (AvgIpc) is 2.85. The van der Waals surface area contributed by atoms with Crippen molar-refractivity contribution in [3.05, 3.63) is 35.9 Å². The molecule has 0 aliphatic rings. The van der Waals surface area contributed by atoms with Crippen LogP contribution in [0.2, 0.25) is 0 Å². The summed E-state index contributed by atoms with van der Waals surface area (Å²) in [5, 5.41) is 26.9. The number of nitrogens with two attached hydrogens (primary N) is 2. The highest BCUT2D eigenvalue weighted by Gasteiger charge is 2.31. The minimum Gasteiger partial charge on any atom is -0.480 e. The molecule has 0 bridgehead atoms. The van der Waals surface area contributed by atoms with Crippen molar-refractivity contribution in [3.63, 3.8) is 0 Å². The predicted molar refractivity (Wildman–Crippen MR) is 139 cm³/mol. The fourth-order valence-corrected chi connectivity index (χ4v) is 3.82. The van der Waals surface area contributed by atoms with Crippen LogP contribution in [0.4, 0.5) is 0 Å². The van der Waals surface area contributed by atoms with Crippen LogP contribution in [0, 0.1) is 0 Å². The van der Waals surface area contributed by atoms with Crippen LogP contribution in [0.15, 0.2) is 30.3 Å². The lowest BCUT2D eigenvalue weighted by Gasteiger charge is -2.25. The van der Waals surface area contributed by atoms with Gasteiger partial charge in [-0.15, -0.1) is 0 Å². The minimum atomic E-state index is -1.24. The average molecular weight is 526 g/mol. The van der Waals surface area contributed by atoms with E-state index in [-0.39, 0.29) is 19.3 Å². The first-order valence-electron chi connectivity index (χ1n) is 11.9. The second-order valence-corrected chi connectivity index (χ2v) is 9.53. The number of carbonyl (C=O) groups is 4. The minimum absolute atomic E-state index is 0.124. The quantitative estimate of drug-likeness (QED) is 0.129. The van der Waals surface area contributed by atoms with Gasteiger partial charge in [0.25, 0.3) is 0 Å². The van der Waals surface area contributed by atoms with Gasteiger partial charge in [0.15, 0.2) is 0 Å². The smallest absolute Gasteiger partial charge is 0.326 e. The molecule has 5 atom stereocenters. The molecule has 0 aliphatic heterocycles. The lowest BCUT2D eigenvalue weighted by Crippen LogP contribution is -2.58. The van der Waals surface area contributed by atoms with Gasteiger partial charge in [-0.1, -0.05) is 30.3 Å². The number of hydrogen-bond acceptors (Lipinski definition) is 8. The summed E-state index contributed by atoms with van der Waals surface area (Å²) in [5.74, 6) is -2.59. The van der Waals surface area contributed by atoms with E-state index in [0.29, 0.717) is 25.1 Å². The molecule has 0 radical (unpaired) electrons. The van der Waals surface area contributed by atoms with Crippen LogP contribution < -0.4 is 27.4 Å². The van der Waals surface area contributed by atoms with Gasteiger partial charge in [-0.2, -0.15) is 11.8 Å². The van der Waals surface area contributed by atoms with Gasteiger partial charge in [0, 0.05) is 6.42 Å². The molecule has 1 aromatic carbocycles. The van der Waals surface area contributed by atoms with Crippen LogP contribution in [-0.4, -0.2) is 82.7 Å². The molecule has 0 fully saturated rings. The van der Waals surface area contributed by atoms with Crippen molar-refractivity contribution in [3.8, 4) is 0 Å². The molecular formula is C24H39N5O6S. The summed E-state index contributed by atoms with van der Waals surface area (Å²) in [5.41, 5.74) is 12.0. The summed E-state index contributed by atoms with van der Waals surface area (Å²) in [6.07, 6.45) is 2.47. The summed E-state index contributed by atoms with van der Waals surface area (Å²) in [6.45, 7) is 1.78. The van der Waals surface area contributed by atoms with Crippen molar-refractivity contribution in [1.29, 1.82) is 0 Å². The molecule has 9 N–H and O–H groups in total. The van der Waals surface area contributed by atoms with Gasteiger partial charge in [0.1, 0.15) is 24.2 Å². The van der Waals surface area contributed by atoms with Crippen molar-refractivity contribution in [2.24, 2.45) is 11.5 Å². The van der Waals surface area contributed by atoms with Crippen LogP contribution in [0.1, 0.15) is 38.2 Å². The zero-order chi connectivity index (χ0) is 27.1. The number of carboxylic acids is 1. The number of benzene rings is 1. The zero-order valence-corrected chi connectivity index (χ0v) is 21.6. The number of carboxylic acid groups (broad SMARTS) is 1. The first-order valence-corrected chi connectivity index (χ1v) is 13.3. The van der Waals surface area contributed by atoms with E-state index >= 15 is 0 Å². The van der Waals surface area contributed by atoms with E-state index in [4.69, 9.17) is 11.5 Å². The van der Waals surface area contributed by atoms with Gasteiger partial charge in [-0.05, 0) is 56.7 Å². The van der Waals surface area contributed by atoms with Gasteiger partial charge in [-0.25, -0.2) is 4.79 Å². The van der Waals surface area contributed by atoms with Crippen molar-refractivity contribution < 1.29 is 29.4 Å². The number of rotatable bonds is 17. The Balaban J connectivity index is 3.04. The zero-order valence-electron chi connectivity index (χ0n) is 20.8. The molecule has 5 unspecified atom stereocenters. The Hall–Kier alpha value is -2.67. The van der Waals surface area contributed by atoms with E-state index in [0.717, 1.165) is 5.56 Å². The highest BCUT2D eigenvalue weighted by atomic mass is 32.2. The van der Waals surface area contributed by atoms with E-state index in [9.17, 15) is 29.4 Å². The standard InChI is InChI=1S/C24H39N5O6S/c1-15(30)20(26)23(33)29-19(14-16-8-4-3-5-9-16)22(32)27-17(11-13-36-2)21(31)28-18(24(34)35)10-6-7-12-25/h3-5,8-9,15,17-20,30H,6-7,10-14,25-26H2,1-2H3,(H,27,32)(H,28,31)(H,29,33)(H,34,35). The molecular weight excluding hydrogens is 486 g/mol. The van der Waals surface area contributed by atoms with E-state index in [1.165, 1.54) is 18.7 Å². The highest BCUT2D eigenvalue weighted by molar-refractivity contribution is 7.98. The Morgan fingerprint density at radius 1 is 0.917 bits per heavy atom. The summed E-state index contributed by atoms with van der Waals surface area (Å²) >= 11 is 1.47. The second kappa shape index (κ2) is 16.9. The van der Waals surface area contributed by atoms with Crippen molar-refractivity contribution >= 4 is 35.5 Å². The van der Waals surface area contributed by atoms with Gasteiger partial charge in [0.05, 0.1) is 6.10 Å². The Labute approximate surface area is 216 Å². The summed E-state index contributed by atoms with van der Waals surface area (Å²) in [7, 11) is 0. The molecule has 0 saturated heterocycles. The number of carbonyl (C=O) groups excluding carboxylic acids is 3. The molecule has 0 spiro atoms. The summed E-state index contributed by atoms with van der Waals surface area (Å²) in [6, 6.07) is 4.54. The number of aliphatic hydroxyl groups excluding tert-OH is 1. The summed E-state index contributed by atoms with van der Waals surface area (Å²) < 4.78 is 0. The Bertz CT molecular complexity index is 842. The van der Waals surface area contributed by atoms with E-state index in [2.05, 4.69) is 16.0 Å². The molecule has 0 saturated carbocycles. The maximum atomic E-state index is 13.2.